The van der Waals surface area contributed by atoms with Crippen LogP contribution in [0.3, 0.4) is 0 Å². The number of carbonyl (C=O) groups is 3. The number of amides is 4. The summed E-state index contributed by atoms with van der Waals surface area (Å²) >= 11 is 0. The number of allylic oxidation sites excluding steroid dienone is 3. The predicted octanol–water partition coefficient (Wildman–Crippen LogP) is 2.32. The van der Waals surface area contributed by atoms with E-state index in [1.807, 2.05) is 0 Å². The van der Waals surface area contributed by atoms with Crippen molar-refractivity contribution in [3.05, 3.63) is 42.5 Å². The number of carbonyl (C=O) groups excluding carboxylic acids is 3. The molecule has 0 saturated heterocycles. The average molecular weight is 381 g/mol. The number of rotatable bonds is 4. The molecule has 0 bridgehead atoms. The van der Waals surface area contributed by atoms with Gasteiger partial charge in [-0.25, -0.2) is 4.79 Å². The third-order valence-corrected chi connectivity index (χ3v) is 4.58. The number of urea groups is 1. The van der Waals surface area contributed by atoms with Crippen LogP contribution in [0, 0.1) is 5.92 Å². The maximum absolute atomic E-state index is 12.5. The van der Waals surface area contributed by atoms with Crippen molar-refractivity contribution in [3.63, 3.8) is 0 Å². The molecule has 28 heavy (non-hydrogen) atoms. The maximum Gasteiger partial charge on any atom is 0.350 e. The molecule has 0 spiro atoms. The highest BCUT2D eigenvalue weighted by Crippen LogP contribution is 2.32. The van der Waals surface area contributed by atoms with Crippen molar-refractivity contribution in [1.29, 1.82) is 0 Å². The average Bonchev–Trinajstić information content (AvgIpc) is 2.93. The first-order valence-corrected chi connectivity index (χ1v) is 9.10. The first kappa shape index (κ1) is 18.0. The second-order valence-electron chi connectivity index (χ2n) is 6.54. The lowest BCUT2D eigenvalue weighted by Crippen LogP contribution is -2.46. The van der Waals surface area contributed by atoms with Gasteiger partial charge in [0.05, 0.1) is 24.8 Å². The zero-order valence-corrected chi connectivity index (χ0v) is 15.1. The van der Waals surface area contributed by atoms with Crippen molar-refractivity contribution < 1.29 is 23.9 Å². The van der Waals surface area contributed by atoms with Gasteiger partial charge in [-0.3, -0.25) is 14.5 Å². The summed E-state index contributed by atoms with van der Waals surface area (Å²) in [7, 11) is 0. The Morgan fingerprint density at radius 2 is 2.00 bits per heavy atom. The van der Waals surface area contributed by atoms with Gasteiger partial charge in [-0.2, -0.15) is 4.99 Å². The zero-order chi connectivity index (χ0) is 19.5. The molecular weight excluding hydrogens is 362 g/mol. The second-order valence-corrected chi connectivity index (χ2v) is 6.54. The Labute approximate surface area is 161 Å². The summed E-state index contributed by atoms with van der Waals surface area (Å²) in [6, 6.07) is 4.52. The van der Waals surface area contributed by atoms with E-state index in [0.29, 0.717) is 36.1 Å². The van der Waals surface area contributed by atoms with Crippen LogP contribution < -0.4 is 14.8 Å². The van der Waals surface area contributed by atoms with E-state index in [0.717, 1.165) is 11.3 Å². The molecule has 1 aliphatic carbocycles. The Morgan fingerprint density at radius 1 is 1.18 bits per heavy atom. The van der Waals surface area contributed by atoms with E-state index in [2.05, 4.69) is 10.3 Å². The molecule has 0 radical (unpaired) electrons. The highest BCUT2D eigenvalue weighted by atomic mass is 16.5. The van der Waals surface area contributed by atoms with Crippen molar-refractivity contribution in [2.24, 2.45) is 10.9 Å². The van der Waals surface area contributed by atoms with Crippen LogP contribution >= 0.6 is 0 Å². The first-order valence-electron chi connectivity index (χ1n) is 9.10. The van der Waals surface area contributed by atoms with Gasteiger partial charge in [0.2, 0.25) is 11.8 Å². The number of imide groups is 1. The number of hydrogen-bond acceptors (Lipinski definition) is 5. The molecule has 4 amide bonds. The summed E-state index contributed by atoms with van der Waals surface area (Å²) in [6.07, 6.45) is 7.58. The fraction of sp³-hybridized carbons (Fsp3) is 0.300. The number of ether oxygens (including phenoxy) is 2. The van der Waals surface area contributed by atoms with Crippen LogP contribution in [0.1, 0.15) is 12.8 Å². The Kier molecular flexibility index (Phi) is 4.92. The molecule has 2 aliphatic heterocycles. The van der Waals surface area contributed by atoms with E-state index in [9.17, 15) is 14.4 Å². The van der Waals surface area contributed by atoms with Gasteiger partial charge < -0.3 is 14.8 Å². The minimum Gasteiger partial charge on any atom is -0.490 e. The Bertz CT molecular complexity index is 918. The maximum atomic E-state index is 12.5. The molecule has 1 N–H and O–H groups in total. The molecule has 1 aromatic carbocycles. The number of anilines is 1. The van der Waals surface area contributed by atoms with Crippen LogP contribution in [0.5, 0.6) is 11.5 Å². The quantitative estimate of drug-likeness (QED) is 0.863. The smallest absolute Gasteiger partial charge is 0.350 e. The Morgan fingerprint density at radius 3 is 2.86 bits per heavy atom. The lowest BCUT2D eigenvalue weighted by Gasteiger charge is -2.28. The lowest BCUT2D eigenvalue weighted by atomic mass is 9.95. The summed E-state index contributed by atoms with van der Waals surface area (Å²) in [6.45, 7) is 1.11. The van der Waals surface area contributed by atoms with E-state index in [1.54, 1.807) is 42.5 Å². The van der Waals surface area contributed by atoms with E-state index < -0.39 is 11.9 Å². The summed E-state index contributed by atoms with van der Waals surface area (Å²) in [5, 5.41) is 2.75. The van der Waals surface area contributed by atoms with Crippen molar-refractivity contribution in [1.82, 2.24) is 4.90 Å². The third-order valence-electron chi connectivity index (χ3n) is 4.58. The van der Waals surface area contributed by atoms with Gasteiger partial charge in [-0.15, -0.1) is 0 Å². The summed E-state index contributed by atoms with van der Waals surface area (Å²) < 4.78 is 11.2. The van der Waals surface area contributed by atoms with Crippen molar-refractivity contribution in [2.45, 2.75) is 12.8 Å². The van der Waals surface area contributed by atoms with Crippen LogP contribution in [0.4, 0.5) is 10.5 Å². The molecule has 3 aliphatic rings. The molecule has 0 saturated carbocycles. The molecular formula is C20H19N3O5. The van der Waals surface area contributed by atoms with E-state index in [4.69, 9.17) is 9.47 Å². The number of hydrogen-bond donors (Lipinski definition) is 1. The van der Waals surface area contributed by atoms with E-state index in [-0.39, 0.29) is 24.8 Å². The Hall–Kier alpha value is -3.42. The molecule has 1 atom stereocenters. The van der Waals surface area contributed by atoms with Gasteiger partial charge in [0.1, 0.15) is 0 Å². The van der Waals surface area contributed by atoms with Crippen molar-refractivity contribution in [2.75, 3.05) is 25.1 Å². The number of benzene rings is 1. The highest BCUT2D eigenvalue weighted by Gasteiger charge is 2.35. The molecule has 144 valence electrons. The van der Waals surface area contributed by atoms with Crippen LogP contribution in [0.2, 0.25) is 0 Å². The summed E-state index contributed by atoms with van der Waals surface area (Å²) in [5.74, 6) is -0.0191. The second kappa shape index (κ2) is 7.67. The van der Waals surface area contributed by atoms with E-state index in [1.165, 1.54) is 0 Å². The van der Waals surface area contributed by atoms with Crippen LogP contribution in [-0.4, -0.2) is 48.2 Å². The van der Waals surface area contributed by atoms with E-state index >= 15 is 0 Å². The van der Waals surface area contributed by atoms with Crippen molar-refractivity contribution >= 4 is 29.2 Å². The zero-order valence-electron chi connectivity index (χ0n) is 15.1. The van der Waals surface area contributed by atoms with Crippen LogP contribution in [0.25, 0.3) is 0 Å². The molecule has 8 heteroatoms. The molecule has 0 fully saturated rings. The number of nitrogens with one attached hydrogen (secondary N) is 1. The van der Waals surface area contributed by atoms with Gasteiger partial charge in [0, 0.05) is 31.1 Å². The Balaban J connectivity index is 1.37. The number of nitrogens with zero attached hydrogens (tertiary/aromatic N) is 2. The minimum atomic E-state index is -0.639. The highest BCUT2D eigenvalue weighted by molar-refractivity contribution is 6.21. The van der Waals surface area contributed by atoms with Gasteiger partial charge in [-0.1, -0.05) is 18.2 Å². The van der Waals surface area contributed by atoms with Gasteiger partial charge in [0.15, 0.2) is 11.5 Å². The lowest BCUT2D eigenvalue weighted by molar-refractivity contribution is -0.129. The normalized spacial score (nSPS) is 20.4. The van der Waals surface area contributed by atoms with Crippen LogP contribution in [-0.2, 0) is 9.59 Å². The monoisotopic (exact) mass is 381 g/mol. The van der Waals surface area contributed by atoms with Gasteiger partial charge in [-0.05, 0) is 18.2 Å². The van der Waals surface area contributed by atoms with Crippen molar-refractivity contribution in [3.8, 4) is 11.5 Å². The number of fused-ring (bicyclic) bond motifs is 2. The van der Waals surface area contributed by atoms with Crippen LogP contribution in [0.15, 0.2) is 47.5 Å². The van der Waals surface area contributed by atoms with Gasteiger partial charge in [0.25, 0.3) is 0 Å². The third kappa shape index (κ3) is 3.66. The molecule has 1 aromatic rings. The molecule has 0 aromatic heterocycles. The SMILES string of the molecule is O=C(CCN1C(=O)N=C2C=CC=CC2C1=O)Nc1ccc2c(c1)OCCCO2. The fourth-order valence-corrected chi connectivity index (χ4v) is 3.16. The van der Waals surface area contributed by atoms with Gasteiger partial charge >= 0.3 is 6.03 Å². The minimum absolute atomic E-state index is 0.0248. The molecule has 8 nitrogen and oxygen atoms in total. The largest absolute Gasteiger partial charge is 0.490 e. The topological polar surface area (TPSA) is 97.3 Å². The standard InChI is InChI=1S/C20H19N3O5/c24-18(21-13-6-7-16-17(12-13)28-11-3-10-27-16)8-9-23-19(25)14-4-1-2-5-15(14)22-20(23)26/h1-2,4-7,12,14H,3,8-11H2,(H,21,24). The fourth-order valence-electron chi connectivity index (χ4n) is 3.16. The number of aliphatic imine (C=N–C) groups is 1. The first-order chi connectivity index (χ1) is 13.6. The summed E-state index contributed by atoms with van der Waals surface area (Å²) in [4.78, 5) is 41.9. The summed E-state index contributed by atoms with van der Waals surface area (Å²) in [5.41, 5.74) is 0.997. The predicted molar refractivity (Wildman–Crippen MR) is 102 cm³/mol. The molecule has 1 unspecified atom stereocenters. The molecule has 2 heterocycles. The molecule has 4 rings (SSSR count).